The van der Waals surface area contributed by atoms with E-state index in [-0.39, 0.29) is 20.1 Å². The van der Waals surface area contributed by atoms with Crippen molar-refractivity contribution >= 4 is 46.1 Å². The van der Waals surface area contributed by atoms with Gasteiger partial charge in [-0.2, -0.15) is 0 Å². The number of anilines is 1. The Morgan fingerprint density at radius 2 is 2.18 bits per heavy atom. The van der Waals surface area contributed by atoms with E-state index < -0.39 is 11.7 Å². The van der Waals surface area contributed by atoms with Crippen molar-refractivity contribution in [2.75, 3.05) is 5.32 Å². The molecule has 1 aromatic carbocycles. The molecule has 0 atom stereocenters. The zero-order valence-electron chi connectivity index (χ0n) is 8.21. The molecule has 0 fully saturated rings. The lowest BCUT2D eigenvalue weighted by Gasteiger charge is -2.06. The smallest absolute Gasteiger partial charge is 0.267 e. The van der Waals surface area contributed by atoms with Crippen LogP contribution < -0.4 is 5.32 Å². The van der Waals surface area contributed by atoms with Crippen LogP contribution in [0.25, 0.3) is 0 Å². The lowest BCUT2D eigenvalue weighted by atomic mass is 10.3. The van der Waals surface area contributed by atoms with Crippen LogP contribution in [-0.2, 0) is 0 Å². The normalized spacial score (nSPS) is 10.3. The summed E-state index contributed by atoms with van der Waals surface area (Å²) in [4.78, 5) is 15.7. The van der Waals surface area contributed by atoms with Crippen molar-refractivity contribution in [1.29, 1.82) is 0 Å². The van der Waals surface area contributed by atoms with E-state index in [1.165, 1.54) is 24.4 Å². The van der Waals surface area contributed by atoms with Gasteiger partial charge in [0.15, 0.2) is 4.47 Å². The van der Waals surface area contributed by atoms with Crippen LogP contribution in [0.4, 0.5) is 10.1 Å². The third-order valence-corrected chi connectivity index (χ3v) is 3.33. The highest BCUT2D eigenvalue weighted by atomic mass is 35.5. The minimum absolute atomic E-state index is 0.0521. The van der Waals surface area contributed by atoms with E-state index in [1.807, 2.05) is 0 Å². The summed E-state index contributed by atoms with van der Waals surface area (Å²) in [6.45, 7) is 0. The van der Waals surface area contributed by atoms with Crippen LogP contribution in [0.2, 0.25) is 9.49 Å². The quantitative estimate of drug-likeness (QED) is 0.913. The number of amides is 1. The first-order valence-electron chi connectivity index (χ1n) is 4.44. The lowest BCUT2D eigenvalue weighted by molar-refractivity contribution is 0.103. The molecule has 0 aliphatic heterocycles. The van der Waals surface area contributed by atoms with Gasteiger partial charge in [-0.05, 0) is 12.1 Å². The van der Waals surface area contributed by atoms with Crippen LogP contribution in [0, 0.1) is 5.82 Å². The van der Waals surface area contributed by atoms with Crippen LogP contribution in [0.5, 0.6) is 0 Å². The summed E-state index contributed by atoms with van der Waals surface area (Å²) in [5, 5.41) is 2.51. The van der Waals surface area contributed by atoms with Gasteiger partial charge in [-0.15, -0.1) is 0 Å². The van der Waals surface area contributed by atoms with E-state index in [9.17, 15) is 9.18 Å². The summed E-state index contributed by atoms with van der Waals surface area (Å²) in [6.07, 6.45) is 1.32. The van der Waals surface area contributed by atoms with E-state index in [2.05, 4.69) is 10.3 Å². The van der Waals surface area contributed by atoms with Crippen molar-refractivity contribution in [3.63, 3.8) is 0 Å². The van der Waals surface area contributed by atoms with Crippen molar-refractivity contribution in [1.82, 2.24) is 4.98 Å². The molecular formula is C10H5Cl2FN2OS. The maximum Gasteiger partial charge on any atom is 0.267 e. The monoisotopic (exact) mass is 290 g/mol. The van der Waals surface area contributed by atoms with Gasteiger partial charge in [-0.3, -0.25) is 4.79 Å². The number of nitrogens with one attached hydrogen (secondary N) is 1. The van der Waals surface area contributed by atoms with Gasteiger partial charge >= 0.3 is 0 Å². The van der Waals surface area contributed by atoms with Gasteiger partial charge in [0.25, 0.3) is 5.91 Å². The Bertz CT molecular complexity index is 553. The van der Waals surface area contributed by atoms with Crippen molar-refractivity contribution in [3.8, 4) is 0 Å². The molecule has 7 heteroatoms. The molecule has 1 N–H and O–H groups in total. The Hall–Kier alpha value is -1.17. The summed E-state index contributed by atoms with van der Waals surface area (Å²) >= 11 is 12.4. The van der Waals surface area contributed by atoms with E-state index in [0.717, 1.165) is 11.3 Å². The SMILES string of the molecule is O=C(Nc1c(F)cccc1Cl)c1cnc(Cl)s1. The number of para-hydroxylation sites is 1. The molecule has 0 spiro atoms. The van der Waals surface area contributed by atoms with Crippen molar-refractivity contribution in [3.05, 3.63) is 44.6 Å². The number of rotatable bonds is 2. The van der Waals surface area contributed by atoms with E-state index in [0.29, 0.717) is 0 Å². The summed E-state index contributed by atoms with van der Waals surface area (Å²) < 4.78 is 13.6. The van der Waals surface area contributed by atoms with Gasteiger partial charge < -0.3 is 5.32 Å². The summed E-state index contributed by atoms with van der Waals surface area (Å²) in [6, 6.07) is 4.15. The molecule has 0 saturated carbocycles. The van der Waals surface area contributed by atoms with Crippen LogP contribution in [0.1, 0.15) is 9.67 Å². The second kappa shape index (κ2) is 5.00. The highest BCUT2D eigenvalue weighted by Crippen LogP contribution is 2.26. The van der Waals surface area contributed by atoms with Gasteiger partial charge in [-0.1, -0.05) is 40.6 Å². The number of carbonyl (C=O) groups is 1. The molecule has 0 aliphatic rings. The van der Waals surface area contributed by atoms with Crippen LogP contribution >= 0.6 is 34.5 Å². The summed E-state index contributed by atoms with van der Waals surface area (Å²) in [7, 11) is 0. The van der Waals surface area contributed by atoms with Crippen molar-refractivity contribution < 1.29 is 9.18 Å². The topological polar surface area (TPSA) is 42.0 Å². The maximum atomic E-state index is 13.4. The molecule has 17 heavy (non-hydrogen) atoms. The van der Waals surface area contributed by atoms with Gasteiger partial charge in [0, 0.05) is 0 Å². The molecule has 0 unspecified atom stereocenters. The highest BCUT2D eigenvalue weighted by Gasteiger charge is 2.14. The van der Waals surface area contributed by atoms with Crippen molar-refractivity contribution in [2.45, 2.75) is 0 Å². The molecule has 1 heterocycles. The molecule has 2 aromatic rings. The van der Waals surface area contributed by atoms with Gasteiger partial charge in [0.1, 0.15) is 10.7 Å². The minimum atomic E-state index is -0.596. The highest BCUT2D eigenvalue weighted by molar-refractivity contribution is 7.17. The fourth-order valence-corrected chi connectivity index (χ4v) is 2.19. The lowest BCUT2D eigenvalue weighted by Crippen LogP contribution is -2.11. The number of aromatic nitrogens is 1. The zero-order valence-corrected chi connectivity index (χ0v) is 10.5. The van der Waals surface area contributed by atoms with Crippen LogP contribution in [0.3, 0.4) is 0 Å². The van der Waals surface area contributed by atoms with Crippen molar-refractivity contribution in [2.24, 2.45) is 0 Å². The second-order valence-electron chi connectivity index (χ2n) is 3.03. The molecule has 1 amide bonds. The Labute approximate surface area is 110 Å². The number of carbonyl (C=O) groups excluding carboxylic acids is 1. The van der Waals surface area contributed by atoms with Gasteiger partial charge in [-0.25, -0.2) is 9.37 Å². The standard InChI is InChI=1S/C10H5Cl2FN2OS/c11-5-2-1-3-6(13)8(5)15-9(16)7-4-14-10(12)17-7/h1-4H,(H,15,16). The number of halogens is 3. The average Bonchev–Trinajstić information content (AvgIpc) is 2.70. The Balaban J connectivity index is 2.24. The predicted octanol–water partition coefficient (Wildman–Crippen LogP) is 3.84. The third kappa shape index (κ3) is 2.74. The molecular weight excluding hydrogens is 286 g/mol. The number of thiazole rings is 1. The maximum absolute atomic E-state index is 13.4. The van der Waals surface area contributed by atoms with E-state index in [1.54, 1.807) is 0 Å². The van der Waals surface area contributed by atoms with Crippen LogP contribution in [0.15, 0.2) is 24.4 Å². The van der Waals surface area contributed by atoms with E-state index >= 15 is 0 Å². The first-order valence-corrected chi connectivity index (χ1v) is 6.02. The summed E-state index contributed by atoms with van der Waals surface area (Å²) in [5.41, 5.74) is -0.0521. The molecule has 2 rings (SSSR count). The average molecular weight is 291 g/mol. The molecule has 0 aliphatic carbocycles. The first kappa shape index (κ1) is 12.3. The molecule has 1 aromatic heterocycles. The van der Waals surface area contributed by atoms with Crippen LogP contribution in [-0.4, -0.2) is 10.9 Å². The number of hydrogen-bond donors (Lipinski definition) is 1. The van der Waals surface area contributed by atoms with E-state index in [4.69, 9.17) is 23.2 Å². The molecule has 0 bridgehead atoms. The van der Waals surface area contributed by atoms with Gasteiger partial charge in [0.2, 0.25) is 0 Å². The Morgan fingerprint density at radius 3 is 2.76 bits per heavy atom. The zero-order chi connectivity index (χ0) is 12.4. The van der Waals surface area contributed by atoms with Gasteiger partial charge in [0.05, 0.1) is 16.9 Å². The molecule has 3 nitrogen and oxygen atoms in total. The predicted molar refractivity (Wildman–Crippen MR) is 66.5 cm³/mol. The third-order valence-electron chi connectivity index (χ3n) is 1.90. The first-order chi connectivity index (χ1) is 8.08. The molecule has 88 valence electrons. The number of hydrogen-bond acceptors (Lipinski definition) is 3. The Morgan fingerprint density at radius 1 is 1.41 bits per heavy atom. The largest absolute Gasteiger partial charge is 0.317 e. The minimum Gasteiger partial charge on any atom is -0.317 e. The molecule has 0 saturated heterocycles. The summed E-state index contributed by atoms with van der Waals surface area (Å²) in [5.74, 6) is -1.09. The fraction of sp³-hybridized carbons (Fsp3) is 0. The number of benzene rings is 1. The number of nitrogens with zero attached hydrogens (tertiary/aromatic N) is 1. The molecule has 0 radical (unpaired) electrons. The fourth-order valence-electron chi connectivity index (χ4n) is 1.15. The second-order valence-corrected chi connectivity index (χ2v) is 5.05. The Kier molecular flexibility index (Phi) is 3.61.